The summed E-state index contributed by atoms with van der Waals surface area (Å²) in [5, 5.41) is 0. The molecule has 6 heteroatoms. The topological polar surface area (TPSA) is 67.6 Å². The van der Waals surface area contributed by atoms with Crippen molar-refractivity contribution in [1.29, 1.82) is 0 Å². The van der Waals surface area contributed by atoms with Crippen LogP contribution in [-0.4, -0.2) is 36.6 Å². The number of carbonyl (C=O) groups excluding carboxylic acids is 1. The van der Waals surface area contributed by atoms with Gasteiger partial charge in [0.2, 0.25) is 0 Å². The molecule has 1 aliphatic heterocycles. The number of nitrogens with one attached hydrogen (secondary N) is 1. The molecule has 2 rings (SSSR count). The molecule has 0 spiro atoms. The highest BCUT2D eigenvalue weighted by atomic mass is 19.1. The predicted molar refractivity (Wildman–Crippen MR) is 78.0 cm³/mol. The maximum absolute atomic E-state index is 13.9. The van der Waals surface area contributed by atoms with E-state index in [1.807, 2.05) is 6.92 Å². The molecule has 0 aliphatic carbocycles. The van der Waals surface area contributed by atoms with Crippen molar-refractivity contribution in [3.8, 4) is 0 Å². The third-order valence-electron chi connectivity index (χ3n) is 3.77. The molecule has 5 nitrogen and oxygen atoms in total. The minimum Gasteiger partial charge on any atom is -0.378 e. The zero-order valence-corrected chi connectivity index (χ0v) is 12.3. The lowest BCUT2D eigenvalue weighted by Gasteiger charge is -2.31. The summed E-state index contributed by atoms with van der Waals surface area (Å²) in [7, 11) is 0. The Morgan fingerprint density at radius 1 is 1.48 bits per heavy atom. The van der Waals surface area contributed by atoms with Gasteiger partial charge in [0, 0.05) is 37.4 Å². The number of piperidine rings is 1. The third-order valence-corrected chi connectivity index (χ3v) is 3.77. The lowest BCUT2D eigenvalue weighted by atomic mass is 10.1. The molecule has 1 amide bonds. The van der Waals surface area contributed by atoms with Crippen LogP contribution in [0.4, 0.5) is 4.39 Å². The molecule has 116 valence electrons. The second-order valence-corrected chi connectivity index (χ2v) is 5.21. The maximum atomic E-state index is 13.9. The normalized spacial score (nSPS) is 16.9. The van der Waals surface area contributed by atoms with Gasteiger partial charge in [-0.25, -0.2) is 10.2 Å². The number of ether oxygens (including phenoxy) is 1. The molecule has 1 aromatic rings. The number of nitrogens with two attached hydrogens (primary N) is 1. The quantitative estimate of drug-likeness (QED) is 0.490. The molecule has 1 aliphatic rings. The number of likely N-dealkylation sites (tertiary alicyclic amines) is 1. The van der Waals surface area contributed by atoms with E-state index in [1.165, 1.54) is 12.1 Å². The zero-order valence-electron chi connectivity index (χ0n) is 12.3. The van der Waals surface area contributed by atoms with Gasteiger partial charge in [0.15, 0.2) is 0 Å². The van der Waals surface area contributed by atoms with E-state index in [-0.39, 0.29) is 5.82 Å². The van der Waals surface area contributed by atoms with Gasteiger partial charge in [-0.2, -0.15) is 0 Å². The SMILES string of the molecule is CCOC1CCN(Cc2cc(C(=O)NN)ccc2F)CC1. The van der Waals surface area contributed by atoms with Crippen LogP contribution in [0, 0.1) is 5.82 Å². The van der Waals surface area contributed by atoms with Crippen molar-refractivity contribution in [2.45, 2.75) is 32.4 Å². The summed E-state index contributed by atoms with van der Waals surface area (Å²) in [5.41, 5.74) is 2.95. The van der Waals surface area contributed by atoms with Crippen molar-refractivity contribution in [2.24, 2.45) is 5.84 Å². The summed E-state index contributed by atoms with van der Waals surface area (Å²) < 4.78 is 19.5. The fraction of sp³-hybridized carbons (Fsp3) is 0.533. The van der Waals surface area contributed by atoms with Crippen LogP contribution in [0.2, 0.25) is 0 Å². The number of benzene rings is 1. The van der Waals surface area contributed by atoms with E-state index >= 15 is 0 Å². The van der Waals surface area contributed by atoms with Crippen molar-refractivity contribution in [1.82, 2.24) is 10.3 Å². The lowest BCUT2D eigenvalue weighted by molar-refractivity contribution is 0.0123. The monoisotopic (exact) mass is 295 g/mol. The summed E-state index contributed by atoms with van der Waals surface area (Å²) >= 11 is 0. The second kappa shape index (κ2) is 7.49. The molecule has 3 N–H and O–H groups in total. The first-order chi connectivity index (χ1) is 10.1. The van der Waals surface area contributed by atoms with Crippen LogP contribution in [0.1, 0.15) is 35.7 Å². The molecule has 0 unspecified atom stereocenters. The summed E-state index contributed by atoms with van der Waals surface area (Å²) in [4.78, 5) is 13.7. The highest BCUT2D eigenvalue weighted by molar-refractivity contribution is 5.93. The van der Waals surface area contributed by atoms with E-state index in [9.17, 15) is 9.18 Å². The Hall–Kier alpha value is -1.50. The molecule has 21 heavy (non-hydrogen) atoms. The van der Waals surface area contributed by atoms with Crippen molar-refractivity contribution >= 4 is 5.91 Å². The first-order valence-electron chi connectivity index (χ1n) is 7.27. The highest BCUT2D eigenvalue weighted by Crippen LogP contribution is 2.18. The molecule has 1 heterocycles. The van der Waals surface area contributed by atoms with Crippen molar-refractivity contribution in [3.05, 3.63) is 35.1 Å². The Labute approximate surface area is 124 Å². The minimum absolute atomic E-state index is 0.296. The van der Waals surface area contributed by atoms with Crippen LogP contribution < -0.4 is 11.3 Å². The fourth-order valence-electron chi connectivity index (χ4n) is 2.63. The van der Waals surface area contributed by atoms with Crippen LogP contribution in [0.5, 0.6) is 0 Å². The zero-order chi connectivity index (χ0) is 15.2. The van der Waals surface area contributed by atoms with Gasteiger partial charge < -0.3 is 4.74 Å². The standard InChI is InChI=1S/C15H22FN3O2/c1-2-21-13-5-7-19(8-6-13)10-12-9-11(15(20)18-17)3-4-14(12)16/h3-4,9,13H,2,5-8,10,17H2,1H3,(H,18,20). The van der Waals surface area contributed by atoms with Gasteiger partial charge in [-0.1, -0.05) is 0 Å². The first kappa shape index (κ1) is 15.9. The van der Waals surface area contributed by atoms with Gasteiger partial charge in [0.05, 0.1) is 6.10 Å². The van der Waals surface area contributed by atoms with Gasteiger partial charge in [0.1, 0.15) is 5.82 Å². The Kier molecular flexibility index (Phi) is 5.67. The Balaban J connectivity index is 1.98. The second-order valence-electron chi connectivity index (χ2n) is 5.21. The summed E-state index contributed by atoms with van der Waals surface area (Å²) in [5.74, 6) is 4.40. The van der Waals surface area contributed by atoms with E-state index < -0.39 is 5.91 Å². The number of halogens is 1. The number of amides is 1. The van der Waals surface area contributed by atoms with Crippen molar-refractivity contribution in [3.63, 3.8) is 0 Å². The number of hydrogen-bond acceptors (Lipinski definition) is 4. The third kappa shape index (κ3) is 4.23. The van der Waals surface area contributed by atoms with Crippen LogP contribution in [0.15, 0.2) is 18.2 Å². The van der Waals surface area contributed by atoms with Crippen molar-refractivity contribution < 1.29 is 13.9 Å². The van der Waals surface area contributed by atoms with E-state index in [1.54, 1.807) is 6.07 Å². The van der Waals surface area contributed by atoms with Crippen molar-refractivity contribution in [2.75, 3.05) is 19.7 Å². The van der Waals surface area contributed by atoms with E-state index in [0.717, 1.165) is 32.5 Å². The van der Waals surface area contributed by atoms with Crippen LogP contribution in [-0.2, 0) is 11.3 Å². The summed E-state index contributed by atoms with van der Waals surface area (Å²) in [6.07, 6.45) is 2.22. The highest BCUT2D eigenvalue weighted by Gasteiger charge is 2.20. The van der Waals surface area contributed by atoms with Gasteiger partial charge in [-0.15, -0.1) is 0 Å². The molecule has 0 saturated carbocycles. The molecule has 0 radical (unpaired) electrons. The van der Waals surface area contributed by atoms with Gasteiger partial charge in [-0.3, -0.25) is 15.1 Å². The summed E-state index contributed by atoms with van der Waals surface area (Å²) in [6, 6.07) is 4.31. The smallest absolute Gasteiger partial charge is 0.265 e. The average molecular weight is 295 g/mol. The van der Waals surface area contributed by atoms with Crippen LogP contribution in [0.3, 0.4) is 0 Å². The average Bonchev–Trinajstić information content (AvgIpc) is 2.51. The number of carbonyl (C=O) groups is 1. The van der Waals surface area contributed by atoms with E-state index in [4.69, 9.17) is 10.6 Å². The van der Waals surface area contributed by atoms with E-state index in [2.05, 4.69) is 10.3 Å². The number of rotatable bonds is 5. The van der Waals surface area contributed by atoms with Gasteiger partial charge in [0.25, 0.3) is 5.91 Å². The lowest BCUT2D eigenvalue weighted by Crippen LogP contribution is -2.37. The minimum atomic E-state index is -0.411. The summed E-state index contributed by atoms with van der Waals surface area (Å²) in [6.45, 7) is 4.97. The molecular formula is C15H22FN3O2. The number of nitrogens with zero attached hydrogens (tertiary/aromatic N) is 1. The maximum Gasteiger partial charge on any atom is 0.265 e. The molecular weight excluding hydrogens is 273 g/mol. The fourth-order valence-corrected chi connectivity index (χ4v) is 2.63. The number of hydrogen-bond donors (Lipinski definition) is 2. The molecule has 1 saturated heterocycles. The Morgan fingerprint density at radius 2 is 2.19 bits per heavy atom. The Morgan fingerprint density at radius 3 is 2.81 bits per heavy atom. The molecule has 1 aromatic carbocycles. The number of hydrazine groups is 1. The predicted octanol–water partition coefficient (Wildman–Crippen LogP) is 1.43. The molecule has 0 bridgehead atoms. The van der Waals surface area contributed by atoms with Gasteiger partial charge in [-0.05, 0) is 38.0 Å². The Bertz CT molecular complexity index is 488. The van der Waals surface area contributed by atoms with Crippen LogP contribution >= 0.6 is 0 Å². The molecule has 0 atom stereocenters. The largest absolute Gasteiger partial charge is 0.378 e. The van der Waals surface area contributed by atoms with E-state index in [0.29, 0.717) is 23.8 Å². The molecule has 1 fully saturated rings. The molecule has 0 aromatic heterocycles. The van der Waals surface area contributed by atoms with Crippen LogP contribution in [0.25, 0.3) is 0 Å². The first-order valence-corrected chi connectivity index (χ1v) is 7.27. The number of nitrogen functional groups attached to an aromatic ring is 1. The van der Waals surface area contributed by atoms with Gasteiger partial charge >= 0.3 is 0 Å².